The van der Waals surface area contributed by atoms with E-state index in [1.54, 1.807) is 23.2 Å². The fraction of sp³-hybridized carbons (Fsp3) is 0.444. The van der Waals surface area contributed by atoms with E-state index in [2.05, 4.69) is 25.8 Å². The molecule has 0 N–H and O–H groups in total. The summed E-state index contributed by atoms with van der Waals surface area (Å²) in [7, 11) is 0. The Balaban J connectivity index is 1.86. The SMILES string of the molecule is CC(C)(C)c1ncc(C(=O)N(Cc2c(F)cccc2Cl)C2CC2)s1. The standard InChI is InChI=1S/C18H20ClFN2OS/c1-18(2,3)17-21-9-15(24-17)16(23)22(11-7-8-11)10-12-13(19)5-4-6-14(12)20/h4-6,9,11H,7-8,10H2,1-3H3. The van der Waals surface area contributed by atoms with Gasteiger partial charge in [-0.25, -0.2) is 9.37 Å². The average Bonchev–Trinajstić information content (AvgIpc) is 3.20. The van der Waals surface area contributed by atoms with E-state index in [0.29, 0.717) is 15.5 Å². The van der Waals surface area contributed by atoms with Gasteiger partial charge >= 0.3 is 0 Å². The molecular weight excluding hydrogens is 347 g/mol. The summed E-state index contributed by atoms with van der Waals surface area (Å²) in [5.74, 6) is -0.467. The summed E-state index contributed by atoms with van der Waals surface area (Å²) in [6, 6.07) is 4.76. The van der Waals surface area contributed by atoms with Crippen LogP contribution in [0.25, 0.3) is 0 Å². The van der Waals surface area contributed by atoms with Crippen LogP contribution in [0.2, 0.25) is 5.02 Å². The third kappa shape index (κ3) is 3.62. The maximum Gasteiger partial charge on any atom is 0.266 e. The Morgan fingerprint density at radius 3 is 2.67 bits per heavy atom. The third-order valence-electron chi connectivity index (χ3n) is 4.00. The Hall–Kier alpha value is -1.46. The van der Waals surface area contributed by atoms with Gasteiger partial charge in [-0.05, 0) is 25.0 Å². The zero-order valence-electron chi connectivity index (χ0n) is 14.0. The van der Waals surface area contributed by atoms with Gasteiger partial charge in [-0.2, -0.15) is 0 Å². The summed E-state index contributed by atoms with van der Waals surface area (Å²) < 4.78 is 14.1. The third-order valence-corrected chi connectivity index (χ3v) is 5.76. The van der Waals surface area contributed by atoms with Crippen LogP contribution in [0.15, 0.2) is 24.4 Å². The molecule has 1 aromatic carbocycles. The number of rotatable bonds is 4. The lowest BCUT2D eigenvalue weighted by Crippen LogP contribution is -2.32. The van der Waals surface area contributed by atoms with Crippen LogP contribution in [0.5, 0.6) is 0 Å². The number of amides is 1. The van der Waals surface area contributed by atoms with E-state index >= 15 is 0 Å². The maximum atomic E-state index is 14.1. The van der Waals surface area contributed by atoms with Crippen LogP contribution in [0.4, 0.5) is 4.39 Å². The molecule has 1 heterocycles. The first-order valence-electron chi connectivity index (χ1n) is 7.97. The molecule has 0 unspecified atom stereocenters. The van der Waals surface area contributed by atoms with Crippen LogP contribution in [0, 0.1) is 5.82 Å². The zero-order chi connectivity index (χ0) is 17.5. The van der Waals surface area contributed by atoms with E-state index in [1.807, 2.05) is 0 Å². The smallest absolute Gasteiger partial charge is 0.266 e. The average molecular weight is 367 g/mol. The molecule has 1 aliphatic rings. The monoisotopic (exact) mass is 366 g/mol. The predicted molar refractivity (Wildman–Crippen MR) is 95.1 cm³/mol. The molecule has 1 aromatic heterocycles. The van der Waals surface area contributed by atoms with E-state index < -0.39 is 0 Å². The number of halogens is 2. The van der Waals surface area contributed by atoms with Crippen molar-refractivity contribution < 1.29 is 9.18 Å². The van der Waals surface area contributed by atoms with Crippen molar-refractivity contribution >= 4 is 28.8 Å². The van der Waals surface area contributed by atoms with Gasteiger partial charge in [0.1, 0.15) is 10.7 Å². The summed E-state index contributed by atoms with van der Waals surface area (Å²) in [5, 5.41) is 1.28. The summed E-state index contributed by atoms with van der Waals surface area (Å²) in [6.45, 7) is 6.39. The molecule has 1 amide bonds. The minimum Gasteiger partial charge on any atom is -0.330 e. The van der Waals surface area contributed by atoms with Gasteiger partial charge in [-0.15, -0.1) is 11.3 Å². The molecule has 0 bridgehead atoms. The predicted octanol–water partition coefficient (Wildman–Crippen LogP) is 5.04. The molecular formula is C18H20ClFN2OS. The van der Waals surface area contributed by atoms with E-state index in [0.717, 1.165) is 17.8 Å². The second kappa shape index (κ2) is 6.45. The van der Waals surface area contributed by atoms with Gasteiger partial charge in [0.05, 0.1) is 17.7 Å². The van der Waals surface area contributed by atoms with Crippen molar-refractivity contribution in [2.45, 2.75) is 51.6 Å². The fourth-order valence-electron chi connectivity index (χ4n) is 2.47. The largest absolute Gasteiger partial charge is 0.330 e. The van der Waals surface area contributed by atoms with Gasteiger partial charge < -0.3 is 4.90 Å². The van der Waals surface area contributed by atoms with Crippen molar-refractivity contribution in [3.8, 4) is 0 Å². The highest BCUT2D eigenvalue weighted by atomic mass is 35.5. The van der Waals surface area contributed by atoms with Gasteiger partial charge in [0.15, 0.2) is 0 Å². The molecule has 0 aliphatic heterocycles. The van der Waals surface area contributed by atoms with Crippen molar-refractivity contribution in [2.24, 2.45) is 0 Å². The Morgan fingerprint density at radius 1 is 1.42 bits per heavy atom. The molecule has 0 atom stereocenters. The zero-order valence-corrected chi connectivity index (χ0v) is 15.5. The van der Waals surface area contributed by atoms with Gasteiger partial charge in [0.25, 0.3) is 5.91 Å². The molecule has 1 saturated carbocycles. The number of thiazole rings is 1. The van der Waals surface area contributed by atoms with Crippen molar-refractivity contribution in [3.63, 3.8) is 0 Å². The van der Waals surface area contributed by atoms with Gasteiger partial charge in [0, 0.05) is 22.0 Å². The number of carbonyl (C=O) groups excluding carboxylic acids is 1. The highest BCUT2D eigenvalue weighted by Gasteiger charge is 2.35. The van der Waals surface area contributed by atoms with Crippen LogP contribution >= 0.6 is 22.9 Å². The first-order chi connectivity index (χ1) is 11.3. The van der Waals surface area contributed by atoms with Crippen molar-refractivity contribution in [1.29, 1.82) is 0 Å². The van der Waals surface area contributed by atoms with Crippen molar-refractivity contribution in [2.75, 3.05) is 0 Å². The van der Waals surface area contributed by atoms with Crippen molar-refractivity contribution in [3.05, 3.63) is 50.7 Å². The topological polar surface area (TPSA) is 33.2 Å². The van der Waals surface area contributed by atoms with Gasteiger partial charge in [-0.3, -0.25) is 4.79 Å². The second-order valence-corrected chi connectivity index (χ2v) is 8.58. The number of hydrogen-bond acceptors (Lipinski definition) is 3. The molecule has 2 aromatic rings. The summed E-state index contributed by atoms with van der Waals surface area (Å²) in [6.07, 6.45) is 3.53. The van der Waals surface area contributed by atoms with Gasteiger partial charge in [0.2, 0.25) is 0 Å². The number of nitrogens with zero attached hydrogens (tertiary/aromatic N) is 2. The summed E-state index contributed by atoms with van der Waals surface area (Å²) in [5.41, 5.74) is 0.280. The Labute approximate surface area is 150 Å². The second-order valence-electron chi connectivity index (χ2n) is 7.14. The van der Waals surface area contributed by atoms with Crippen LogP contribution in [-0.2, 0) is 12.0 Å². The highest BCUT2D eigenvalue weighted by Crippen LogP contribution is 2.34. The maximum absolute atomic E-state index is 14.1. The lowest BCUT2D eigenvalue weighted by molar-refractivity contribution is 0.0733. The number of carbonyl (C=O) groups is 1. The van der Waals surface area contributed by atoms with Crippen LogP contribution in [0.3, 0.4) is 0 Å². The molecule has 24 heavy (non-hydrogen) atoms. The molecule has 0 saturated heterocycles. The number of hydrogen-bond donors (Lipinski definition) is 0. The Morgan fingerprint density at radius 2 is 2.12 bits per heavy atom. The molecule has 6 heteroatoms. The van der Waals surface area contributed by atoms with Crippen LogP contribution in [-0.4, -0.2) is 21.8 Å². The number of aromatic nitrogens is 1. The molecule has 1 aliphatic carbocycles. The first-order valence-corrected chi connectivity index (χ1v) is 9.17. The van der Waals surface area contributed by atoms with E-state index in [1.165, 1.54) is 17.4 Å². The first kappa shape index (κ1) is 17.4. The highest BCUT2D eigenvalue weighted by molar-refractivity contribution is 7.13. The lowest BCUT2D eigenvalue weighted by Gasteiger charge is -2.22. The van der Waals surface area contributed by atoms with Crippen molar-refractivity contribution in [1.82, 2.24) is 9.88 Å². The molecule has 128 valence electrons. The normalized spacial score (nSPS) is 14.7. The summed E-state index contributed by atoms with van der Waals surface area (Å²) >= 11 is 7.54. The fourth-order valence-corrected chi connectivity index (χ4v) is 3.62. The lowest BCUT2D eigenvalue weighted by atomic mass is 9.98. The quantitative estimate of drug-likeness (QED) is 0.759. The molecule has 3 nitrogen and oxygen atoms in total. The Kier molecular flexibility index (Phi) is 4.67. The van der Waals surface area contributed by atoms with E-state index in [-0.39, 0.29) is 29.7 Å². The molecule has 3 rings (SSSR count). The summed E-state index contributed by atoms with van der Waals surface area (Å²) in [4.78, 5) is 19.6. The van der Waals surface area contributed by atoms with Crippen LogP contribution < -0.4 is 0 Å². The minimum absolute atomic E-state index is 0.0928. The minimum atomic E-state index is -0.374. The Bertz CT molecular complexity index is 744. The van der Waals surface area contributed by atoms with Crippen LogP contribution in [0.1, 0.15) is 53.9 Å². The molecule has 1 fully saturated rings. The van der Waals surface area contributed by atoms with E-state index in [4.69, 9.17) is 11.6 Å². The molecule has 0 radical (unpaired) electrons. The number of benzene rings is 1. The van der Waals surface area contributed by atoms with Gasteiger partial charge in [-0.1, -0.05) is 38.4 Å². The van der Waals surface area contributed by atoms with E-state index in [9.17, 15) is 9.18 Å². The molecule has 0 spiro atoms.